The Labute approximate surface area is 471 Å². The Morgan fingerprint density at radius 1 is 0.566 bits per heavy atom. The second kappa shape index (κ2) is 28.7. The minimum atomic E-state index is -2.94. The highest BCUT2D eigenvalue weighted by Gasteiger charge is 2.64. The summed E-state index contributed by atoms with van der Waals surface area (Å²) in [6, 6.07) is 16.6. The number of hydrogen-bond donors (Lipinski definition) is 11. The van der Waals surface area contributed by atoms with Crippen LogP contribution < -0.4 is 4.74 Å². The molecule has 0 radical (unpaired) electrons. The summed E-state index contributed by atoms with van der Waals surface area (Å²) in [4.78, 5) is 66.3. The third-order valence-electron chi connectivity index (χ3n) is 13.4. The predicted molar refractivity (Wildman–Crippen MR) is 271 cm³/mol. The molecule has 0 aromatic heterocycles. The van der Waals surface area contributed by atoms with E-state index in [0.29, 0.717) is 11.1 Å². The first-order valence-corrected chi connectivity index (χ1v) is 25.6. The maximum Gasteiger partial charge on any atom is 0.338 e. The highest BCUT2D eigenvalue weighted by molar-refractivity contribution is 5.90. The quantitative estimate of drug-likeness (QED) is 0.0275. The Balaban J connectivity index is 1.39. The largest absolute Gasteiger partial charge is 0.508 e. The van der Waals surface area contributed by atoms with Crippen molar-refractivity contribution in [3.63, 3.8) is 0 Å². The smallest absolute Gasteiger partial charge is 0.338 e. The fraction of sp³-hybridized carbons (Fsp3) is 0.500. The van der Waals surface area contributed by atoms with Crippen LogP contribution in [0.1, 0.15) is 35.3 Å². The average molecular weight is 1180 g/mol. The van der Waals surface area contributed by atoms with Crippen LogP contribution in [0.4, 0.5) is 0 Å². The van der Waals surface area contributed by atoms with Crippen molar-refractivity contribution in [2.45, 2.75) is 130 Å². The second-order valence-electron chi connectivity index (χ2n) is 19.2. The van der Waals surface area contributed by atoms with Gasteiger partial charge in [-0.25, -0.2) is 14.4 Å². The molecule has 3 aromatic carbocycles. The molecule has 83 heavy (non-hydrogen) atoms. The Morgan fingerprint density at radius 2 is 1.12 bits per heavy atom. The van der Waals surface area contributed by atoms with Gasteiger partial charge in [0.25, 0.3) is 0 Å². The van der Waals surface area contributed by atoms with E-state index < -0.39 is 179 Å². The van der Waals surface area contributed by atoms with Crippen molar-refractivity contribution in [2.75, 3.05) is 40.1 Å². The number of rotatable bonds is 22. The molecule has 0 spiro atoms. The van der Waals surface area contributed by atoms with Gasteiger partial charge in [0, 0.05) is 26.0 Å². The molecule has 29 heteroatoms. The first kappa shape index (κ1) is 63.8. The number of phenols is 2. The van der Waals surface area contributed by atoms with Gasteiger partial charge >= 0.3 is 29.8 Å². The number of aliphatic hydroxyl groups excluding tert-OH is 9. The highest BCUT2D eigenvalue weighted by atomic mass is 16.8. The van der Waals surface area contributed by atoms with E-state index in [-0.39, 0.29) is 22.8 Å². The van der Waals surface area contributed by atoms with Crippen molar-refractivity contribution in [1.29, 1.82) is 0 Å². The molecule has 454 valence electrons. The summed E-state index contributed by atoms with van der Waals surface area (Å²) in [5.74, 6) is -8.69. The second-order valence-corrected chi connectivity index (χ2v) is 19.2. The summed E-state index contributed by atoms with van der Waals surface area (Å²) in [7, 11) is 1.28. The van der Waals surface area contributed by atoms with Gasteiger partial charge in [-0.05, 0) is 59.7 Å². The Bertz CT molecular complexity index is 2720. The number of benzene rings is 3. The number of ether oxygens (including phenoxy) is 13. The van der Waals surface area contributed by atoms with Gasteiger partial charge in [-0.2, -0.15) is 0 Å². The molecule has 0 bridgehead atoms. The van der Waals surface area contributed by atoms with Crippen molar-refractivity contribution < 1.29 is 142 Å². The normalized spacial score (nSPS) is 33.5. The SMILES string of the molecule is COc1cc(C=CC(=O)OCC2(OC3OC(COC(C)=O)C(OC(=O)C=Cc4ccc(O)cc4)C(OC4OC(COC(C)=O)C(O)C(O)C4O)C3OC3OC(CO)C(O)C(O)C3O)OC(CO)C(O)C2OC(=O)c2ccccc2)ccc1O. The molecule has 4 saturated heterocycles. The highest BCUT2D eigenvalue weighted by Crippen LogP contribution is 2.42. The molecular formula is C54H64O29. The maximum absolute atomic E-state index is 14.1. The van der Waals surface area contributed by atoms with Crippen molar-refractivity contribution in [3.05, 3.63) is 102 Å². The molecule has 4 aliphatic heterocycles. The Hall–Kier alpha value is -6.75. The number of esters is 5. The van der Waals surface area contributed by atoms with Crippen LogP contribution in [-0.2, 0) is 76.0 Å². The molecule has 7 rings (SSSR count). The zero-order chi connectivity index (χ0) is 60.3. The van der Waals surface area contributed by atoms with Gasteiger partial charge in [-0.3, -0.25) is 9.59 Å². The fourth-order valence-electron chi connectivity index (χ4n) is 9.06. The number of carbonyl (C=O) groups excluding carboxylic acids is 5. The topological polar surface area (TPSA) is 428 Å². The van der Waals surface area contributed by atoms with Crippen LogP contribution in [0.25, 0.3) is 12.2 Å². The van der Waals surface area contributed by atoms with Gasteiger partial charge in [0.15, 0.2) is 42.6 Å². The van der Waals surface area contributed by atoms with Gasteiger partial charge in [-0.1, -0.05) is 36.4 Å². The van der Waals surface area contributed by atoms with E-state index >= 15 is 0 Å². The zero-order valence-corrected chi connectivity index (χ0v) is 44.4. The number of phenolic OH excluding ortho intramolecular Hbond substituents is 2. The molecule has 29 nitrogen and oxygen atoms in total. The summed E-state index contributed by atoms with van der Waals surface area (Å²) in [6.07, 6.45) is -33.7. The molecular weight excluding hydrogens is 1110 g/mol. The fourth-order valence-corrected chi connectivity index (χ4v) is 9.06. The van der Waals surface area contributed by atoms with Crippen LogP contribution in [0.2, 0.25) is 0 Å². The van der Waals surface area contributed by atoms with E-state index in [2.05, 4.69) is 0 Å². The van der Waals surface area contributed by atoms with Crippen molar-refractivity contribution in [1.82, 2.24) is 0 Å². The lowest BCUT2D eigenvalue weighted by Crippen LogP contribution is -2.69. The average Bonchev–Trinajstić information content (AvgIpc) is 4.00. The van der Waals surface area contributed by atoms with Crippen molar-refractivity contribution in [3.8, 4) is 17.2 Å². The lowest BCUT2D eigenvalue weighted by atomic mass is 9.95. The van der Waals surface area contributed by atoms with Gasteiger partial charge in [0.05, 0.1) is 25.9 Å². The van der Waals surface area contributed by atoms with Gasteiger partial charge in [0.1, 0.15) is 105 Å². The van der Waals surface area contributed by atoms with E-state index in [1.165, 1.54) is 86.0 Å². The van der Waals surface area contributed by atoms with Crippen molar-refractivity contribution >= 4 is 42.0 Å². The third kappa shape index (κ3) is 15.7. The van der Waals surface area contributed by atoms with E-state index in [0.717, 1.165) is 26.0 Å². The van der Waals surface area contributed by atoms with E-state index in [1.807, 2.05) is 0 Å². The first-order valence-electron chi connectivity index (χ1n) is 25.6. The van der Waals surface area contributed by atoms with Crippen LogP contribution in [0.15, 0.2) is 84.9 Å². The Morgan fingerprint density at radius 3 is 1.73 bits per heavy atom. The minimum Gasteiger partial charge on any atom is -0.508 e. The van der Waals surface area contributed by atoms with Gasteiger partial charge in [0.2, 0.25) is 5.79 Å². The maximum atomic E-state index is 14.1. The molecule has 19 atom stereocenters. The van der Waals surface area contributed by atoms with E-state index in [1.54, 1.807) is 6.07 Å². The monoisotopic (exact) mass is 1180 g/mol. The number of methoxy groups -OCH3 is 1. The molecule has 19 unspecified atom stereocenters. The van der Waals surface area contributed by atoms with Gasteiger partial charge < -0.3 is 118 Å². The molecule has 4 aliphatic rings. The Kier molecular flexibility index (Phi) is 22.1. The van der Waals surface area contributed by atoms with E-state index in [9.17, 15) is 80.1 Å². The molecule has 0 amide bonds. The molecule has 3 aromatic rings. The number of hydrogen-bond acceptors (Lipinski definition) is 29. The first-order chi connectivity index (χ1) is 39.6. The number of aromatic hydroxyl groups is 2. The summed E-state index contributed by atoms with van der Waals surface area (Å²) >= 11 is 0. The summed E-state index contributed by atoms with van der Waals surface area (Å²) in [5.41, 5.74) is 0.528. The van der Waals surface area contributed by atoms with Crippen LogP contribution in [0.5, 0.6) is 17.2 Å². The lowest BCUT2D eigenvalue weighted by Gasteiger charge is -2.50. The molecule has 0 saturated carbocycles. The standard InChI is InChI=1S/C54H64O29/c1-25(57)72-22-35-40(64)43(67)45(69)52(76-35)79-47-46(78-38(62)18-12-27-9-14-30(59)15-10-27)36(23-73-26(2)58)77-53(48(47)80-51-44(68)42(66)39(63)33(20-55)75-51)83-54(24-74-37(61)17-13-28-11-16-31(60)32(19-28)71-3)49(41(65)34(21-56)82-54)81-50(70)29-7-5-4-6-8-29/h4-19,33-36,39-49,51-53,55-56,59-60,63-69H,20-24H2,1-3H3. The third-order valence-corrected chi connectivity index (χ3v) is 13.4. The summed E-state index contributed by atoms with van der Waals surface area (Å²) in [6.45, 7) is -3.04. The lowest BCUT2D eigenvalue weighted by molar-refractivity contribution is -0.421. The zero-order valence-electron chi connectivity index (χ0n) is 44.4. The molecule has 4 heterocycles. The van der Waals surface area contributed by atoms with Gasteiger partial charge in [-0.15, -0.1) is 0 Å². The molecule has 4 fully saturated rings. The molecule has 11 N–H and O–H groups in total. The van der Waals surface area contributed by atoms with Crippen molar-refractivity contribution in [2.24, 2.45) is 0 Å². The number of aliphatic hydroxyl groups is 9. The van der Waals surface area contributed by atoms with E-state index in [4.69, 9.17) is 61.6 Å². The number of carbonyl (C=O) groups is 5. The van der Waals surface area contributed by atoms with Crippen LogP contribution in [0.3, 0.4) is 0 Å². The predicted octanol–water partition coefficient (Wildman–Crippen LogP) is -2.79. The molecule has 0 aliphatic carbocycles. The minimum absolute atomic E-state index is 0.0317. The van der Waals surface area contributed by atoms with Crippen LogP contribution in [0, 0.1) is 0 Å². The summed E-state index contributed by atoms with van der Waals surface area (Å²) < 4.78 is 76.5. The van der Waals surface area contributed by atoms with Crippen LogP contribution in [-0.4, -0.2) is 242 Å². The van der Waals surface area contributed by atoms with Crippen LogP contribution >= 0.6 is 0 Å². The summed E-state index contributed by atoms with van der Waals surface area (Å²) in [5, 5.41) is 120.